The number of ketones is 2. The van der Waals surface area contributed by atoms with Crippen molar-refractivity contribution in [3.05, 3.63) is 39.5 Å². The predicted molar refractivity (Wildman–Crippen MR) is 107 cm³/mol. The maximum atomic E-state index is 13.3. The van der Waals surface area contributed by atoms with E-state index in [1.165, 1.54) is 0 Å². The van der Waals surface area contributed by atoms with Crippen molar-refractivity contribution in [1.29, 1.82) is 0 Å². The summed E-state index contributed by atoms with van der Waals surface area (Å²) in [6, 6.07) is 1.57. The molecule has 8 nitrogen and oxygen atoms in total. The van der Waals surface area contributed by atoms with Crippen LogP contribution >= 0.6 is 0 Å². The summed E-state index contributed by atoms with van der Waals surface area (Å²) in [4.78, 5) is 38.0. The highest BCUT2D eigenvalue weighted by Crippen LogP contribution is 2.52. The number of amides is 1. The number of anilines is 1. The van der Waals surface area contributed by atoms with E-state index < -0.39 is 46.4 Å². The van der Waals surface area contributed by atoms with Gasteiger partial charge in [-0.2, -0.15) is 0 Å². The predicted octanol–water partition coefficient (Wildman–Crippen LogP) is 0.492. The monoisotopic (exact) mass is 408 g/mol. The molecule has 0 radical (unpaired) electrons. The smallest absolute Gasteiger partial charge is 0.252 e. The van der Waals surface area contributed by atoms with Crippen molar-refractivity contribution in [1.82, 2.24) is 0 Å². The average molecular weight is 408 g/mol. The molecule has 0 unspecified atom stereocenters. The van der Waals surface area contributed by atoms with Crippen molar-refractivity contribution in [3.8, 4) is 18.1 Å². The Morgan fingerprint density at radius 2 is 1.93 bits per heavy atom. The first-order valence-corrected chi connectivity index (χ1v) is 9.39. The van der Waals surface area contributed by atoms with Gasteiger partial charge in [0.05, 0.1) is 22.4 Å². The zero-order chi connectivity index (χ0) is 22.1. The summed E-state index contributed by atoms with van der Waals surface area (Å²) in [7, 11) is 0. The summed E-state index contributed by atoms with van der Waals surface area (Å²) in [5.41, 5.74) is 9.11. The van der Waals surface area contributed by atoms with E-state index in [1.54, 1.807) is 13.0 Å². The Balaban J connectivity index is 1.92. The second-order valence-corrected chi connectivity index (χ2v) is 8.11. The lowest BCUT2D eigenvalue weighted by molar-refractivity contribution is -0.157. The zero-order valence-corrected chi connectivity index (χ0v) is 16.2. The third-order valence-electron chi connectivity index (χ3n) is 6.49. The second kappa shape index (κ2) is 6.21. The number of carbonyl (C=O) groups excluding carboxylic acids is 3. The minimum Gasteiger partial charge on any atom is -0.507 e. The Hall–Kier alpha value is -3.57. The largest absolute Gasteiger partial charge is 0.507 e. The van der Waals surface area contributed by atoms with Gasteiger partial charge in [-0.25, -0.2) is 0 Å². The summed E-state index contributed by atoms with van der Waals surface area (Å²) in [5, 5.41) is 32.5. The third-order valence-corrected chi connectivity index (χ3v) is 6.49. The summed E-state index contributed by atoms with van der Waals surface area (Å²) in [5.74, 6) is -2.95. The van der Waals surface area contributed by atoms with Gasteiger partial charge < -0.3 is 26.8 Å². The Morgan fingerprint density at radius 3 is 2.53 bits per heavy atom. The van der Waals surface area contributed by atoms with Crippen molar-refractivity contribution in [2.24, 2.45) is 17.6 Å². The van der Waals surface area contributed by atoms with Crippen molar-refractivity contribution in [3.63, 3.8) is 0 Å². The minimum atomic E-state index is -2.50. The van der Waals surface area contributed by atoms with Gasteiger partial charge in [0.1, 0.15) is 5.76 Å². The van der Waals surface area contributed by atoms with Gasteiger partial charge in [0.15, 0.2) is 11.4 Å². The lowest BCUT2D eigenvalue weighted by Gasteiger charge is -2.46. The lowest BCUT2D eigenvalue weighted by Crippen LogP contribution is -2.61. The number of hydrogen-bond donors (Lipinski definition) is 5. The molecule has 154 valence electrons. The number of terminal acetylenes is 1. The third kappa shape index (κ3) is 2.30. The molecule has 0 spiro atoms. The fourth-order valence-electron chi connectivity index (χ4n) is 5.08. The van der Waals surface area contributed by atoms with Crippen LogP contribution < -0.4 is 11.5 Å². The van der Waals surface area contributed by atoms with Gasteiger partial charge in [0.2, 0.25) is 11.6 Å². The summed E-state index contributed by atoms with van der Waals surface area (Å²) in [6.45, 7) is 1.57. The summed E-state index contributed by atoms with van der Waals surface area (Å²) >= 11 is 0. The van der Waals surface area contributed by atoms with E-state index in [4.69, 9.17) is 17.9 Å². The number of hydrogen-bond acceptors (Lipinski definition) is 7. The molecule has 1 aromatic carbocycles. The molecule has 0 bridgehead atoms. The highest BCUT2D eigenvalue weighted by atomic mass is 16.3. The lowest BCUT2D eigenvalue weighted by atomic mass is 9.58. The molecule has 0 saturated heterocycles. The number of Topliss-reactive ketones (excluding diaryl/α,β-unsaturated/α-hetero) is 2. The molecule has 1 fully saturated rings. The van der Waals surface area contributed by atoms with Gasteiger partial charge in [0.25, 0.3) is 5.91 Å². The number of allylic oxidation sites excluding steroid dienone is 1. The molecule has 4 rings (SSSR count). The van der Waals surface area contributed by atoms with Crippen molar-refractivity contribution < 1.29 is 29.7 Å². The van der Waals surface area contributed by atoms with Crippen LogP contribution in [-0.2, 0) is 20.8 Å². The molecule has 3 aliphatic carbocycles. The molecule has 1 amide bonds. The number of nitrogen functional groups attached to an aromatic ring is 1. The van der Waals surface area contributed by atoms with Crippen LogP contribution in [0.1, 0.15) is 36.5 Å². The average Bonchev–Trinajstić information content (AvgIpc) is 2.67. The number of aliphatic hydroxyl groups excluding tert-OH is 1. The molecule has 3 aliphatic rings. The molecule has 1 aromatic rings. The van der Waals surface area contributed by atoms with Crippen LogP contribution in [0.5, 0.6) is 5.75 Å². The molecule has 7 N–H and O–H groups in total. The number of phenolic OH excluding ortho intramolecular Hbond substituents is 1. The normalized spacial score (nSPS) is 27.9. The van der Waals surface area contributed by atoms with Crippen molar-refractivity contribution in [2.75, 3.05) is 5.73 Å². The van der Waals surface area contributed by atoms with Crippen LogP contribution in [0.3, 0.4) is 0 Å². The minimum absolute atomic E-state index is 0.0433. The first-order chi connectivity index (χ1) is 14.0. The fraction of sp³-hybridized carbons (Fsp3) is 0.318. The van der Waals surface area contributed by atoms with E-state index in [1.807, 2.05) is 0 Å². The number of primary amides is 1. The topological polar surface area (TPSA) is 164 Å². The standard InChI is InChI=1S/C22H20N2O6/c1-3-9-5-10-6-11-7-12-4-8(2)13(21(24)29)19(27)22(12,30)20(28)15(11)17(25)14(10)18(26)16(9)23/h1,5,11-12,25-26,30H,4,6-7,23H2,2H3,(H2,24,29)/t11-,12+,22+/m0/s1. The van der Waals surface area contributed by atoms with E-state index in [0.29, 0.717) is 11.1 Å². The Bertz CT molecular complexity index is 1170. The van der Waals surface area contributed by atoms with E-state index >= 15 is 0 Å². The van der Waals surface area contributed by atoms with Gasteiger partial charge in [-0.3, -0.25) is 14.4 Å². The van der Waals surface area contributed by atoms with Crippen LogP contribution in [0.25, 0.3) is 5.76 Å². The quantitative estimate of drug-likeness (QED) is 0.148. The number of carbonyl (C=O) groups is 3. The fourth-order valence-corrected chi connectivity index (χ4v) is 5.08. The van der Waals surface area contributed by atoms with Crippen LogP contribution in [0.4, 0.5) is 5.69 Å². The summed E-state index contributed by atoms with van der Waals surface area (Å²) < 4.78 is 0. The van der Waals surface area contributed by atoms with Crippen LogP contribution in [0.2, 0.25) is 0 Å². The molecule has 3 atom stereocenters. The summed E-state index contributed by atoms with van der Waals surface area (Å²) in [6.07, 6.45) is 6.05. The number of phenols is 1. The van der Waals surface area contributed by atoms with E-state index in [0.717, 1.165) is 0 Å². The highest BCUT2D eigenvalue weighted by Gasteiger charge is 2.60. The Morgan fingerprint density at radius 1 is 1.27 bits per heavy atom. The zero-order valence-electron chi connectivity index (χ0n) is 16.2. The van der Waals surface area contributed by atoms with Gasteiger partial charge in [-0.15, -0.1) is 6.42 Å². The number of aliphatic hydroxyl groups is 2. The van der Waals surface area contributed by atoms with Gasteiger partial charge >= 0.3 is 0 Å². The number of aromatic hydroxyl groups is 1. The molecule has 8 heteroatoms. The van der Waals surface area contributed by atoms with Gasteiger partial charge in [0, 0.05) is 11.5 Å². The van der Waals surface area contributed by atoms with E-state index in [2.05, 4.69) is 5.92 Å². The number of benzene rings is 1. The van der Waals surface area contributed by atoms with Crippen LogP contribution in [0, 0.1) is 24.2 Å². The van der Waals surface area contributed by atoms with E-state index in [-0.39, 0.29) is 47.2 Å². The molecular formula is C22H20N2O6. The van der Waals surface area contributed by atoms with E-state index in [9.17, 15) is 29.7 Å². The number of fused-ring (bicyclic) bond motifs is 3. The van der Waals surface area contributed by atoms with Crippen LogP contribution in [0.15, 0.2) is 22.8 Å². The first kappa shape index (κ1) is 19.7. The molecule has 0 heterocycles. The SMILES string of the molecule is C#Cc1cc2c(c(O)c1N)C(O)=C1C(=O)[C@]3(O)C(=O)C(C(N)=O)=C(C)C[C@@H]3C[C@@H]1C2. The Labute approximate surface area is 171 Å². The number of nitrogens with two attached hydrogens (primary N) is 2. The van der Waals surface area contributed by atoms with Crippen molar-refractivity contribution >= 4 is 28.9 Å². The second-order valence-electron chi connectivity index (χ2n) is 8.11. The molecule has 0 aromatic heterocycles. The highest BCUT2D eigenvalue weighted by molar-refractivity contribution is 6.32. The molecule has 30 heavy (non-hydrogen) atoms. The number of rotatable bonds is 1. The Kier molecular flexibility index (Phi) is 4.09. The molecular weight excluding hydrogens is 388 g/mol. The van der Waals surface area contributed by atoms with Crippen molar-refractivity contribution in [2.45, 2.75) is 31.8 Å². The van der Waals surface area contributed by atoms with Gasteiger partial charge in [-0.05, 0) is 43.7 Å². The maximum Gasteiger partial charge on any atom is 0.252 e. The van der Waals surface area contributed by atoms with Crippen LogP contribution in [-0.4, -0.2) is 38.4 Å². The maximum absolute atomic E-state index is 13.3. The molecule has 1 saturated carbocycles. The molecule has 0 aliphatic heterocycles. The first-order valence-electron chi connectivity index (χ1n) is 9.39. The van der Waals surface area contributed by atoms with Gasteiger partial charge in [-0.1, -0.05) is 11.5 Å².